The average Bonchev–Trinajstić information content (AvgIpc) is 2.81. The summed E-state index contributed by atoms with van der Waals surface area (Å²) in [5, 5.41) is 0. The van der Waals surface area contributed by atoms with Gasteiger partial charge in [0, 0.05) is 25.5 Å². The monoisotopic (exact) mass is 278 g/mol. The normalized spacial score (nSPS) is 20.4. The van der Waals surface area contributed by atoms with Crippen LogP contribution in [0.25, 0.3) is 0 Å². The third-order valence-corrected chi connectivity index (χ3v) is 4.19. The van der Waals surface area contributed by atoms with Crippen LogP contribution in [0.15, 0.2) is 12.4 Å². The Morgan fingerprint density at radius 1 is 1.45 bits per heavy atom. The maximum atomic E-state index is 12.8. The number of aryl methyl sites for hydroxylation is 1. The third kappa shape index (κ3) is 3.20. The fourth-order valence-corrected chi connectivity index (χ4v) is 2.79. The second kappa shape index (κ2) is 6.39. The number of carbonyl (C=O) groups excluding carboxylic acids is 1. The highest BCUT2D eigenvalue weighted by Crippen LogP contribution is 2.19. The second-order valence-corrected chi connectivity index (χ2v) is 6.01. The van der Waals surface area contributed by atoms with Crippen molar-refractivity contribution in [1.29, 1.82) is 0 Å². The molecule has 1 aromatic rings. The molecule has 0 aromatic carbocycles. The Balaban J connectivity index is 2.11. The van der Waals surface area contributed by atoms with Gasteiger partial charge in [0.1, 0.15) is 5.82 Å². The van der Waals surface area contributed by atoms with Crippen molar-refractivity contribution in [3.05, 3.63) is 18.2 Å². The number of likely N-dealkylation sites (tertiary alicyclic amines) is 1. The van der Waals surface area contributed by atoms with Gasteiger partial charge < -0.3 is 9.47 Å². The Bertz CT molecular complexity index is 454. The molecule has 0 spiro atoms. The van der Waals surface area contributed by atoms with Crippen molar-refractivity contribution in [3.63, 3.8) is 0 Å². The van der Waals surface area contributed by atoms with E-state index in [0.29, 0.717) is 6.54 Å². The lowest BCUT2D eigenvalue weighted by Crippen LogP contribution is -2.51. The highest BCUT2D eigenvalue weighted by atomic mass is 16.2. The largest absolute Gasteiger partial charge is 0.337 e. The molecule has 5 heteroatoms. The van der Waals surface area contributed by atoms with E-state index in [4.69, 9.17) is 0 Å². The summed E-state index contributed by atoms with van der Waals surface area (Å²) in [7, 11) is 4.03. The SMILES string of the molecule is CC(C)N(Cc1nccn1C)C(=O)[C@H]1CCCCN1C. The van der Waals surface area contributed by atoms with Gasteiger partial charge in [0.25, 0.3) is 0 Å². The number of piperidine rings is 1. The van der Waals surface area contributed by atoms with Crippen molar-refractivity contribution in [1.82, 2.24) is 19.4 Å². The van der Waals surface area contributed by atoms with Crippen LogP contribution in [0.4, 0.5) is 0 Å². The zero-order chi connectivity index (χ0) is 14.7. The molecule has 2 rings (SSSR count). The number of rotatable bonds is 4. The summed E-state index contributed by atoms with van der Waals surface area (Å²) >= 11 is 0. The smallest absolute Gasteiger partial charge is 0.240 e. The molecule has 1 saturated heterocycles. The summed E-state index contributed by atoms with van der Waals surface area (Å²) in [6.45, 7) is 5.75. The first-order valence-corrected chi connectivity index (χ1v) is 7.47. The van der Waals surface area contributed by atoms with Gasteiger partial charge in [-0.25, -0.2) is 4.98 Å². The van der Waals surface area contributed by atoms with E-state index >= 15 is 0 Å². The number of aromatic nitrogens is 2. The molecule has 2 heterocycles. The van der Waals surface area contributed by atoms with Crippen LogP contribution in [0, 0.1) is 0 Å². The van der Waals surface area contributed by atoms with E-state index in [-0.39, 0.29) is 18.0 Å². The van der Waals surface area contributed by atoms with Crippen LogP contribution in [-0.4, -0.2) is 50.9 Å². The maximum Gasteiger partial charge on any atom is 0.240 e. The lowest BCUT2D eigenvalue weighted by atomic mass is 10.0. The number of amides is 1. The summed E-state index contributed by atoms with van der Waals surface area (Å²) in [6.07, 6.45) is 7.02. The lowest BCUT2D eigenvalue weighted by Gasteiger charge is -2.37. The number of likely N-dealkylation sites (N-methyl/N-ethyl adjacent to an activating group) is 1. The van der Waals surface area contributed by atoms with Crippen molar-refractivity contribution < 1.29 is 4.79 Å². The molecule has 1 fully saturated rings. The van der Waals surface area contributed by atoms with E-state index in [1.54, 1.807) is 6.20 Å². The third-order valence-electron chi connectivity index (χ3n) is 4.19. The topological polar surface area (TPSA) is 41.4 Å². The van der Waals surface area contributed by atoms with E-state index in [2.05, 4.69) is 30.8 Å². The number of hydrogen-bond donors (Lipinski definition) is 0. The number of imidazole rings is 1. The van der Waals surface area contributed by atoms with E-state index in [9.17, 15) is 4.79 Å². The maximum absolute atomic E-state index is 12.8. The first kappa shape index (κ1) is 15.0. The average molecular weight is 278 g/mol. The number of hydrogen-bond acceptors (Lipinski definition) is 3. The van der Waals surface area contributed by atoms with Gasteiger partial charge in [0.2, 0.25) is 5.91 Å². The van der Waals surface area contributed by atoms with Gasteiger partial charge in [-0.2, -0.15) is 0 Å². The van der Waals surface area contributed by atoms with Gasteiger partial charge in [-0.15, -0.1) is 0 Å². The van der Waals surface area contributed by atoms with Crippen molar-refractivity contribution in [2.24, 2.45) is 7.05 Å². The van der Waals surface area contributed by atoms with Gasteiger partial charge in [-0.05, 0) is 40.3 Å². The molecular formula is C15H26N4O. The molecule has 1 atom stereocenters. The second-order valence-electron chi connectivity index (χ2n) is 6.01. The van der Waals surface area contributed by atoms with Crippen molar-refractivity contribution in [2.75, 3.05) is 13.6 Å². The van der Waals surface area contributed by atoms with E-state index in [0.717, 1.165) is 25.2 Å². The number of nitrogens with zero attached hydrogens (tertiary/aromatic N) is 4. The first-order valence-electron chi connectivity index (χ1n) is 7.47. The molecule has 1 aliphatic heterocycles. The Morgan fingerprint density at radius 2 is 2.20 bits per heavy atom. The molecule has 0 saturated carbocycles. The van der Waals surface area contributed by atoms with E-state index in [1.807, 2.05) is 22.7 Å². The summed E-state index contributed by atoms with van der Waals surface area (Å²) in [5.74, 6) is 1.18. The van der Waals surface area contributed by atoms with Gasteiger partial charge in [0.05, 0.1) is 12.6 Å². The Hall–Kier alpha value is -1.36. The van der Waals surface area contributed by atoms with Crippen molar-refractivity contribution in [2.45, 2.75) is 51.7 Å². The van der Waals surface area contributed by atoms with Crippen molar-refractivity contribution >= 4 is 5.91 Å². The highest BCUT2D eigenvalue weighted by molar-refractivity contribution is 5.82. The highest BCUT2D eigenvalue weighted by Gasteiger charge is 2.31. The van der Waals surface area contributed by atoms with Crippen LogP contribution in [0.3, 0.4) is 0 Å². The molecule has 0 radical (unpaired) electrons. The Morgan fingerprint density at radius 3 is 2.75 bits per heavy atom. The zero-order valence-electron chi connectivity index (χ0n) is 13.0. The van der Waals surface area contributed by atoms with Gasteiger partial charge in [0.15, 0.2) is 0 Å². The van der Waals surface area contributed by atoms with Crippen LogP contribution < -0.4 is 0 Å². The fraction of sp³-hybridized carbons (Fsp3) is 0.733. The minimum Gasteiger partial charge on any atom is -0.337 e. The molecular weight excluding hydrogens is 252 g/mol. The number of carbonyl (C=O) groups is 1. The van der Waals surface area contributed by atoms with Gasteiger partial charge in [-0.3, -0.25) is 9.69 Å². The summed E-state index contributed by atoms with van der Waals surface area (Å²) in [5.41, 5.74) is 0. The molecule has 0 unspecified atom stereocenters. The predicted octanol–water partition coefficient (Wildman–Crippen LogP) is 1.64. The van der Waals surface area contributed by atoms with Crippen LogP contribution in [-0.2, 0) is 18.4 Å². The molecule has 0 N–H and O–H groups in total. The molecule has 0 bridgehead atoms. The summed E-state index contributed by atoms with van der Waals surface area (Å²) < 4.78 is 1.98. The van der Waals surface area contributed by atoms with Crippen molar-refractivity contribution in [3.8, 4) is 0 Å². The molecule has 1 aromatic heterocycles. The van der Waals surface area contributed by atoms with E-state index in [1.165, 1.54) is 6.42 Å². The summed E-state index contributed by atoms with van der Waals surface area (Å²) in [6, 6.07) is 0.223. The van der Waals surface area contributed by atoms with Crippen LogP contribution in [0.2, 0.25) is 0 Å². The predicted molar refractivity (Wildman–Crippen MR) is 79.2 cm³/mol. The lowest BCUT2D eigenvalue weighted by molar-refractivity contribution is -0.140. The van der Waals surface area contributed by atoms with Crippen LogP contribution in [0.5, 0.6) is 0 Å². The van der Waals surface area contributed by atoms with E-state index < -0.39 is 0 Å². The van der Waals surface area contributed by atoms with Crippen LogP contribution in [0.1, 0.15) is 38.9 Å². The molecule has 0 aliphatic carbocycles. The summed E-state index contributed by atoms with van der Waals surface area (Å²) in [4.78, 5) is 21.3. The fourth-order valence-electron chi connectivity index (χ4n) is 2.79. The molecule has 1 amide bonds. The molecule has 20 heavy (non-hydrogen) atoms. The molecule has 1 aliphatic rings. The minimum atomic E-state index is 0.0337. The Kier molecular flexibility index (Phi) is 4.81. The van der Waals surface area contributed by atoms with Gasteiger partial charge in [-0.1, -0.05) is 6.42 Å². The quantitative estimate of drug-likeness (QED) is 0.841. The zero-order valence-corrected chi connectivity index (χ0v) is 13.0. The molecule has 5 nitrogen and oxygen atoms in total. The van der Waals surface area contributed by atoms with Gasteiger partial charge >= 0.3 is 0 Å². The first-order chi connectivity index (χ1) is 9.50. The van der Waals surface area contributed by atoms with Crippen LogP contribution >= 0.6 is 0 Å². The Labute approximate surface area is 121 Å². The standard InChI is InChI=1S/C15H26N4O/c1-12(2)19(11-14-16-8-10-18(14)4)15(20)13-7-5-6-9-17(13)3/h8,10,12-13H,5-7,9,11H2,1-4H3/t13-/m1/s1. The minimum absolute atomic E-state index is 0.0337. The molecule has 112 valence electrons.